The molecule has 0 saturated carbocycles. The van der Waals surface area contributed by atoms with Crippen LogP contribution >= 0.6 is 11.6 Å². The van der Waals surface area contributed by atoms with Gasteiger partial charge in [0, 0.05) is 12.0 Å². The average Bonchev–Trinajstić information content (AvgIpc) is 3.25. The van der Waals surface area contributed by atoms with Gasteiger partial charge in [0.15, 0.2) is 11.4 Å². The van der Waals surface area contributed by atoms with Crippen LogP contribution in [0.4, 0.5) is 5.69 Å². The molecule has 0 fully saturated rings. The molecule has 0 atom stereocenters. The first kappa shape index (κ1) is 15.4. The zero-order valence-corrected chi connectivity index (χ0v) is 13.7. The third kappa shape index (κ3) is 2.99. The van der Waals surface area contributed by atoms with Crippen molar-refractivity contribution in [3.8, 4) is 11.4 Å². The standard InChI is InChI=1S/C18H13ClN4O2/c19-13-4-3-10(7-15(24)16-2-1-5-25-16)6-12(13)17-22-14-8-11(20)9-21-18(14)23-17/h1-6,8-9H,7,20H2,(H,21,22,23). The molecule has 3 aromatic heterocycles. The van der Waals surface area contributed by atoms with Crippen LogP contribution in [0.5, 0.6) is 0 Å². The minimum absolute atomic E-state index is 0.0997. The summed E-state index contributed by atoms with van der Waals surface area (Å²) in [5.74, 6) is 0.808. The summed E-state index contributed by atoms with van der Waals surface area (Å²) in [6.45, 7) is 0. The van der Waals surface area contributed by atoms with Crippen LogP contribution in [0, 0.1) is 0 Å². The quantitative estimate of drug-likeness (QED) is 0.543. The summed E-state index contributed by atoms with van der Waals surface area (Å²) < 4.78 is 5.14. The van der Waals surface area contributed by atoms with Gasteiger partial charge in [-0.3, -0.25) is 4.79 Å². The van der Waals surface area contributed by atoms with Gasteiger partial charge < -0.3 is 15.1 Å². The number of nitrogens with one attached hydrogen (secondary N) is 1. The van der Waals surface area contributed by atoms with Crippen molar-refractivity contribution in [3.63, 3.8) is 0 Å². The van der Waals surface area contributed by atoms with Crippen LogP contribution in [0.15, 0.2) is 53.3 Å². The first-order valence-corrected chi connectivity index (χ1v) is 7.95. The largest absolute Gasteiger partial charge is 0.461 e. The summed E-state index contributed by atoms with van der Waals surface area (Å²) in [5.41, 5.74) is 9.08. The third-order valence-electron chi connectivity index (χ3n) is 3.81. The number of aromatic nitrogens is 3. The van der Waals surface area contributed by atoms with Crippen molar-refractivity contribution in [2.24, 2.45) is 0 Å². The number of carbonyl (C=O) groups excluding carboxylic acids is 1. The number of imidazole rings is 1. The molecule has 0 unspecified atom stereocenters. The molecule has 25 heavy (non-hydrogen) atoms. The number of Topliss-reactive ketones (excluding diaryl/α,β-unsaturated/α-hetero) is 1. The number of carbonyl (C=O) groups is 1. The molecule has 4 rings (SSSR count). The van der Waals surface area contributed by atoms with Gasteiger partial charge in [0.1, 0.15) is 5.82 Å². The maximum atomic E-state index is 12.2. The molecular weight excluding hydrogens is 340 g/mol. The van der Waals surface area contributed by atoms with Gasteiger partial charge in [0.2, 0.25) is 5.78 Å². The van der Waals surface area contributed by atoms with Crippen molar-refractivity contribution in [1.29, 1.82) is 0 Å². The van der Waals surface area contributed by atoms with Crippen molar-refractivity contribution in [2.75, 3.05) is 5.73 Å². The number of nitrogens with zero attached hydrogens (tertiary/aromatic N) is 2. The number of nitrogen functional groups attached to an aromatic ring is 1. The van der Waals surface area contributed by atoms with Gasteiger partial charge in [-0.15, -0.1) is 0 Å². The lowest BCUT2D eigenvalue weighted by molar-refractivity contribution is 0.0966. The van der Waals surface area contributed by atoms with Crippen LogP contribution in [0.1, 0.15) is 16.1 Å². The summed E-state index contributed by atoms with van der Waals surface area (Å²) >= 11 is 6.32. The Labute approximate surface area is 147 Å². The molecule has 0 radical (unpaired) electrons. The van der Waals surface area contributed by atoms with E-state index >= 15 is 0 Å². The molecule has 6 nitrogen and oxygen atoms in total. The van der Waals surface area contributed by atoms with Gasteiger partial charge in [-0.25, -0.2) is 9.97 Å². The van der Waals surface area contributed by atoms with Crippen LogP contribution in [-0.2, 0) is 6.42 Å². The minimum atomic E-state index is -0.0997. The van der Waals surface area contributed by atoms with Crippen LogP contribution in [0.2, 0.25) is 5.02 Å². The molecule has 0 aliphatic rings. The lowest BCUT2D eigenvalue weighted by atomic mass is 10.0. The Bertz CT molecular complexity index is 1070. The van der Waals surface area contributed by atoms with Crippen LogP contribution in [-0.4, -0.2) is 20.7 Å². The topological polar surface area (TPSA) is 97.8 Å². The van der Waals surface area contributed by atoms with E-state index in [4.69, 9.17) is 21.8 Å². The number of furan rings is 1. The zero-order valence-electron chi connectivity index (χ0n) is 13.0. The predicted octanol–water partition coefficient (Wildman–Crippen LogP) is 3.88. The number of anilines is 1. The molecule has 7 heteroatoms. The first-order chi connectivity index (χ1) is 12.1. The number of pyridine rings is 1. The molecule has 0 amide bonds. The van der Waals surface area contributed by atoms with Crippen LogP contribution in [0.25, 0.3) is 22.6 Å². The summed E-state index contributed by atoms with van der Waals surface area (Å²) in [6, 6.07) is 10.5. The number of fused-ring (bicyclic) bond motifs is 1. The third-order valence-corrected chi connectivity index (χ3v) is 4.13. The van der Waals surface area contributed by atoms with E-state index in [1.165, 1.54) is 6.26 Å². The molecule has 4 aromatic rings. The Kier molecular flexibility index (Phi) is 3.74. The van der Waals surface area contributed by atoms with Gasteiger partial charge in [-0.2, -0.15) is 0 Å². The fourth-order valence-corrected chi connectivity index (χ4v) is 2.82. The van der Waals surface area contributed by atoms with E-state index in [0.717, 1.165) is 11.1 Å². The second-order valence-electron chi connectivity index (χ2n) is 5.62. The molecule has 0 bridgehead atoms. The number of halogens is 1. The molecule has 0 saturated heterocycles. The van der Waals surface area contributed by atoms with Crippen molar-refractivity contribution >= 4 is 34.2 Å². The maximum absolute atomic E-state index is 12.2. The summed E-state index contributed by atoms with van der Waals surface area (Å²) in [6.07, 6.45) is 3.24. The highest BCUT2D eigenvalue weighted by Crippen LogP contribution is 2.29. The lowest BCUT2D eigenvalue weighted by Crippen LogP contribution is -2.02. The SMILES string of the molecule is Nc1cnc2nc(-c3cc(CC(=O)c4ccco4)ccc3Cl)[nH]c2c1. The molecule has 0 aliphatic carbocycles. The van der Waals surface area contributed by atoms with E-state index in [2.05, 4.69) is 15.0 Å². The Morgan fingerprint density at radius 2 is 2.16 bits per heavy atom. The van der Waals surface area contributed by atoms with E-state index in [0.29, 0.717) is 33.5 Å². The second-order valence-corrected chi connectivity index (χ2v) is 6.02. The fraction of sp³-hybridized carbons (Fsp3) is 0.0556. The smallest absolute Gasteiger partial charge is 0.202 e. The van der Waals surface area contributed by atoms with Crippen molar-refractivity contribution < 1.29 is 9.21 Å². The number of hydrogen-bond acceptors (Lipinski definition) is 5. The summed E-state index contributed by atoms with van der Waals surface area (Å²) in [5, 5.41) is 0.529. The summed E-state index contributed by atoms with van der Waals surface area (Å²) in [7, 11) is 0. The normalized spacial score (nSPS) is 11.1. The monoisotopic (exact) mass is 352 g/mol. The van der Waals surface area contributed by atoms with Gasteiger partial charge in [-0.05, 0) is 35.9 Å². The van der Waals surface area contributed by atoms with Gasteiger partial charge in [-0.1, -0.05) is 17.7 Å². The highest BCUT2D eigenvalue weighted by molar-refractivity contribution is 6.33. The zero-order chi connectivity index (χ0) is 17.4. The van der Waals surface area contributed by atoms with Gasteiger partial charge in [0.25, 0.3) is 0 Å². The number of hydrogen-bond donors (Lipinski definition) is 2. The highest BCUT2D eigenvalue weighted by atomic mass is 35.5. The summed E-state index contributed by atoms with van der Waals surface area (Å²) in [4.78, 5) is 24.0. The Morgan fingerprint density at radius 3 is 2.96 bits per heavy atom. The molecule has 1 aromatic carbocycles. The van der Waals surface area contributed by atoms with Crippen molar-refractivity contribution in [3.05, 3.63) is 65.2 Å². The van der Waals surface area contributed by atoms with Crippen molar-refractivity contribution in [1.82, 2.24) is 15.0 Å². The number of benzene rings is 1. The fourth-order valence-electron chi connectivity index (χ4n) is 2.62. The Morgan fingerprint density at radius 1 is 1.28 bits per heavy atom. The van der Waals surface area contributed by atoms with E-state index in [-0.39, 0.29) is 12.2 Å². The average molecular weight is 353 g/mol. The van der Waals surface area contributed by atoms with Crippen molar-refractivity contribution in [2.45, 2.75) is 6.42 Å². The first-order valence-electron chi connectivity index (χ1n) is 7.57. The second kappa shape index (κ2) is 6.07. The number of nitrogens with two attached hydrogens (primary N) is 1. The Balaban J connectivity index is 1.70. The highest BCUT2D eigenvalue weighted by Gasteiger charge is 2.14. The molecule has 3 N–H and O–H groups in total. The van der Waals surface area contributed by atoms with E-state index in [1.807, 2.05) is 12.1 Å². The van der Waals surface area contributed by atoms with Crippen LogP contribution in [0.3, 0.4) is 0 Å². The predicted molar refractivity (Wildman–Crippen MR) is 95.5 cm³/mol. The minimum Gasteiger partial charge on any atom is -0.461 e. The maximum Gasteiger partial charge on any atom is 0.202 e. The van der Waals surface area contributed by atoms with E-state index < -0.39 is 0 Å². The number of aromatic amines is 1. The molecular formula is C18H13ClN4O2. The number of ketones is 1. The molecule has 3 heterocycles. The lowest BCUT2D eigenvalue weighted by Gasteiger charge is -2.05. The number of rotatable bonds is 4. The molecule has 0 aliphatic heterocycles. The molecule has 0 spiro atoms. The number of H-pyrrole nitrogens is 1. The van der Waals surface area contributed by atoms with Gasteiger partial charge in [0.05, 0.1) is 28.7 Å². The van der Waals surface area contributed by atoms with Crippen LogP contribution < -0.4 is 5.73 Å². The van der Waals surface area contributed by atoms with Gasteiger partial charge >= 0.3 is 0 Å². The Hall–Kier alpha value is -3.12. The van der Waals surface area contributed by atoms with E-state index in [9.17, 15) is 4.79 Å². The van der Waals surface area contributed by atoms with E-state index in [1.54, 1.807) is 30.5 Å². The molecule has 124 valence electrons.